The third kappa shape index (κ3) is 5.10. The van der Waals surface area contributed by atoms with Crippen molar-refractivity contribution in [2.45, 2.75) is 25.6 Å². The maximum absolute atomic E-state index is 13.3. The van der Waals surface area contributed by atoms with E-state index in [1.165, 1.54) is 12.1 Å². The van der Waals surface area contributed by atoms with Gasteiger partial charge in [0.25, 0.3) is 0 Å². The lowest BCUT2D eigenvalue weighted by molar-refractivity contribution is -0.139. The van der Waals surface area contributed by atoms with Crippen LogP contribution in [0, 0.1) is 5.82 Å². The van der Waals surface area contributed by atoms with Gasteiger partial charge in [-0.2, -0.15) is 0 Å². The lowest BCUT2D eigenvalue weighted by atomic mass is 10.0. The van der Waals surface area contributed by atoms with E-state index in [9.17, 15) is 14.3 Å². The molecule has 1 heterocycles. The largest absolute Gasteiger partial charge is 0.489 e. The summed E-state index contributed by atoms with van der Waals surface area (Å²) in [6.45, 7) is 0.487. The number of carboxylic acid groups (broad SMARTS) is 1. The number of rotatable bonds is 9. The van der Waals surface area contributed by atoms with Crippen molar-refractivity contribution in [3.05, 3.63) is 100 Å². The number of aromatic nitrogens is 1. The highest BCUT2D eigenvalue weighted by molar-refractivity contribution is 6.31. The smallest absolute Gasteiger partial charge is 0.321 e. The second-order valence-corrected chi connectivity index (χ2v) is 7.87. The molecule has 164 valence electrons. The standard InChI is InChI=1S/C25H22ClFN2O3/c26-21-12-19(27)10-9-17(21)15-32-24-8-4-1-5-16(24)13-29-23(25(30)31)11-18-14-28-22-7-3-2-6-20(18)22/h1-10,12,14,23,28-29H,11,13,15H2,(H,30,31)/t23-/m1/s1. The Bertz CT molecular complexity index is 1240. The maximum atomic E-state index is 13.3. The molecule has 7 heteroatoms. The molecule has 0 amide bonds. The first-order valence-corrected chi connectivity index (χ1v) is 10.5. The predicted octanol–water partition coefficient (Wildman–Crippen LogP) is 5.32. The number of H-pyrrole nitrogens is 1. The molecule has 5 nitrogen and oxygen atoms in total. The zero-order chi connectivity index (χ0) is 22.5. The topological polar surface area (TPSA) is 74.3 Å². The summed E-state index contributed by atoms with van der Waals surface area (Å²) in [6.07, 6.45) is 2.19. The first-order valence-electron chi connectivity index (χ1n) is 10.2. The second-order valence-electron chi connectivity index (χ2n) is 7.47. The van der Waals surface area contributed by atoms with Crippen LogP contribution in [0.15, 0.2) is 72.9 Å². The molecule has 32 heavy (non-hydrogen) atoms. The zero-order valence-corrected chi connectivity index (χ0v) is 17.9. The summed E-state index contributed by atoms with van der Waals surface area (Å²) in [5.41, 5.74) is 3.40. The molecule has 0 saturated heterocycles. The van der Waals surface area contributed by atoms with Crippen LogP contribution in [0.2, 0.25) is 5.02 Å². The van der Waals surface area contributed by atoms with Gasteiger partial charge in [-0.15, -0.1) is 0 Å². The van der Waals surface area contributed by atoms with Gasteiger partial charge in [0.05, 0.1) is 5.02 Å². The monoisotopic (exact) mass is 452 g/mol. The number of aromatic amines is 1. The first-order chi connectivity index (χ1) is 15.5. The van der Waals surface area contributed by atoms with Crippen LogP contribution >= 0.6 is 11.6 Å². The highest BCUT2D eigenvalue weighted by atomic mass is 35.5. The zero-order valence-electron chi connectivity index (χ0n) is 17.1. The molecule has 1 atom stereocenters. The molecule has 4 rings (SSSR count). The molecule has 3 aromatic carbocycles. The highest BCUT2D eigenvalue weighted by Gasteiger charge is 2.20. The summed E-state index contributed by atoms with van der Waals surface area (Å²) in [4.78, 5) is 15.1. The maximum Gasteiger partial charge on any atom is 0.321 e. The number of ether oxygens (including phenoxy) is 1. The average molecular weight is 453 g/mol. The highest BCUT2D eigenvalue weighted by Crippen LogP contribution is 2.23. The first kappa shape index (κ1) is 21.9. The van der Waals surface area contributed by atoms with Crippen molar-refractivity contribution in [2.75, 3.05) is 0 Å². The van der Waals surface area contributed by atoms with E-state index in [1.54, 1.807) is 6.07 Å². The van der Waals surface area contributed by atoms with Gasteiger partial charge in [0.15, 0.2) is 0 Å². The van der Waals surface area contributed by atoms with Crippen molar-refractivity contribution < 1.29 is 19.0 Å². The van der Waals surface area contributed by atoms with Gasteiger partial charge in [-0.05, 0) is 29.8 Å². The summed E-state index contributed by atoms with van der Waals surface area (Å²) in [7, 11) is 0. The molecule has 0 aliphatic heterocycles. The molecule has 0 spiro atoms. The van der Waals surface area contributed by atoms with Gasteiger partial charge in [0.1, 0.15) is 24.2 Å². The van der Waals surface area contributed by atoms with Crippen molar-refractivity contribution in [2.24, 2.45) is 0 Å². The molecule has 0 bridgehead atoms. The van der Waals surface area contributed by atoms with Crippen molar-refractivity contribution in [1.82, 2.24) is 10.3 Å². The van der Waals surface area contributed by atoms with E-state index in [1.807, 2.05) is 54.7 Å². The van der Waals surface area contributed by atoms with Crippen LogP contribution < -0.4 is 10.1 Å². The molecule has 0 saturated carbocycles. The Hall–Kier alpha value is -3.35. The molecule has 0 aliphatic rings. The Morgan fingerprint density at radius 3 is 2.66 bits per heavy atom. The van der Waals surface area contributed by atoms with E-state index < -0.39 is 17.8 Å². The van der Waals surface area contributed by atoms with Gasteiger partial charge >= 0.3 is 5.97 Å². The minimum Gasteiger partial charge on any atom is -0.489 e. The fraction of sp³-hybridized carbons (Fsp3) is 0.160. The quantitative estimate of drug-likeness (QED) is 0.321. The molecule has 0 unspecified atom stereocenters. The number of hydrogen-bond acceptors (Lipinski definition) is 3. The lowest BCUT2D eigenvalue weighted by Gasteiger charge is -2.17. The minimum absolute atomic E-state index is 0.174. The van der Waals surface area contributed by atoms with Crippen molar-refractivity contribution in [3.8, 4) is 5.75 Å². The van der Waals surface area contributed by atoms with Crippen LogP contribution in [0.4, 0.5) is 4.39 Å². The number of para-hydroxylation sites is 2. The lowest BCUT2D eigenvalue weighted by Crippen LogP contribution is -2.38. The minimum atomic E-state index is -0.924. The third-order valence-electron chi connectivity index (χ3n) is 5.31. The van der Waals surface area contributed by atoms with Crippen molar-refractivity contribution >= 4 is 28.5 Å². The van der Waals surface area contributed by atoms with Crippen LogP contribution in [0.25, 0.3) is 10.9 Å². The number of carboxylic acids is 1. The number of carbonyl (C=O) groups is 1. The number of fused-ring (bicyclic) bond motifs is 1. The van der Waals surface area contributed by atoms with E-state index >= 15 is 0 Å². The number of benzene rings is 3. The number of halogens is 2. The van der Waals surface area contributed by atoms with E-state index in [4.69, 9.17) is 16.3 Å². The van der Waals surface area contributed by atoms with Gasteiger partial charge in [0, 0.05) is 41.2 Å². The van der Waals surface area contributed by atoms with Crippen LogP contribution in [-0.4, -0.2) is 22.1 Å². The molecular formula is C25H22ClFN2O3. The van der Waals surface area contributed by atoms with Crippen LogP contribution in [0.5, 0.6) is 5.75 Å². The van der Waals surface area contributed by atoms with Crippen LogP contribution in [0.1, 0.15) is 16.7 Å². The van der Waals surface area contributed by atoms with Gasteiger partial charge in [0.2, 0.25) is 0 Å². The Kier molecular flexibility index (Phi) is 6.73. The van der Waals surface area contributed by atoms with Gasteiger partial charge in [-0.25, -0.2) is 4.39 Å². The molecule has 0 radical (unpaired) electrons. The van der Waals surface area contributed by atoms with E-state index in [2.05, 4.69) is 10.3 Å². The average Bonchev–Trinajstić information content (AvgIpc) is 3.19. The summed E-state index contributed by atoms with van der Waals surface area (Å²) in [5, 5.41) is 14.2. The van der Waals surface area contributed by atoms with Gasteiger partial charge in [-0.1, -0.05) is 54.1 Å². The second kappa shape index (κ2) is 9.85. The number of nitrogens with one attached hydrogen (secondary N) is 2. The Labute approximate surface area is 189 Å². The normalized spacial score (nSPS) is 12.1. The molecule has 4 aromatic rings. The summed E-state index contributed by atoms with van der Waals surface area (Å²) in [6, 6.07) is 18.6. The van der Waals surface area contributed by atoms with Gasteiger partial charge in [-0.3, -0.25) is 10.1 Å². The number of hydrogen-bond donors (Lipinski definition) is 3. The fourth-order valence-electron chi connectivity index (χ4n) is 3.59. The third-order valence-corrected chi connectivity index (χ3v) is 5.66. The summed E-state index contributed by atoms with van der Waals surface area (Å²) in [5.74, 6) is -0.721. The molecule has 0 aliphatic carbocycles. The van der Waals surface area contributed by atoms with Crippen LogP contribution in [-0.2, 0) is 24.4 Å². The summed E-state index contributed by atoms with van der Waals surface area (Å²) >= 11 is 6.08. The van der Waals surface area contributed by atoms with Crippen molar-refractivity contribution in [3.63, 3.8) is 0 Å². The Morgan fingerprint density at radius 2 is 1.84 bits per heavy atom. The molecule has 1 aromatic heterocycles. The van der Waals surface area contributed by atoms with E-state index in [-0.39, 0.29) is 6.61 Å². The molecular weight excluding hydrogens is 431 g/mol. The fourth-order valence-corrected chi connectivity index (χ4v) is 3.81. The summed E-state index contributed by atoms with van der Waals surface area (Å²) < 4.78 is 19.2. The van der Waals surface area contributed by atoms with Crippen molar-refractivity contribution in [1.29, 1.82) is 0 Å². The SMILES string of the molecule is O=C(O)[C@@H](Cc1c[nH]c2ccccc12)NCc1ccccc1OCc1ccc(F)cc1Cl. The molecule has 3 N–H and O–H groups in total. The predicted molar refractivity (Wildman–Crippen MR) is 122 cm³/mol. The number of aliphatic carboxylic acids is 1. The Balaban J connectivity index is 1.44. The van der Waals surface area contributed by atoms with Crippen LogP contribution in [0.3, 0.4) is 0 Å². The van der Waals surface area contributed by atoms with E-state index in [0.717, 1.165) is 22.0 Å². The Morgan fingerprint density at radius 1 is 1.06 bits per heavy atom. The van der Waals surface area contributed by atoms with Gasteiger partial charge < -0.3 is 14.8 Å². The van der Waals surface area contributed by atoms with E-state index in [0.29, 0.717) is 29.3 Å². The molecule has 0 fully saturated rings.